The van der Waals surface area contributed by atoms with Gasteiger partial charge in [0.05, 0.1) is 101 Å². The monoisotopic (exact) mass is 756 g/mol. The normalized spacial score (nSPS) is 15.3. The Morgan fingerprint density at radius 2 is 1.05 bits per heavy atom. The molecule has 2 atom stereocenters. The fraction of sp³-hybridized carbons (Fsp3) is 0.389. The Kier molecular flexibility index (Phi) is 8.77. The molecule has 0 amide bonds. The molecule has 284 valence electrons. The van der Waals surface area contributed by atoms with E-state index >= 15 is 0 Å². The maximum Gasteiger partial charge on any atom is 0.277 e. The maximum atomic E-state index is 13.1. The van der Waals surface area contributed by atoms with Crippen molar-refractivity contribution in [3.05, 3.63) is 103 Å². The summed E-state index contributed by atoms with van der Waals surface area (Å²) in [6.07, 6.45) is 14.9. The number of aromatic nitrogens is 16. The van der Waals surface area contributed by atoms with Gasteiger partial charge in [-0.25, -0.2) is 19.3 Å². The number of benzene rings is 2. The first kappa shape index (κ1) is 34.9. The summed E-state index contributed by atoms with van der Waals surface area (Å²) in [5.74, 6) is 0. The van der Waals surface area contributed by atoms with E-state index in [4.69, 9.17) is 0 Å². The number of hydrogen-bond acceptors (Lipinski definition) is 14. The highest BCUT2D eigenvalue weighted by Gasteiger charge is 2.28. The van der Waals surface area contributed by atoms with Gasteiger partial charge in [0.15, 0.2) is 0 Å². The number of nitrogens with zero attached hydrogens (tertiary/aromatic N) is 16. The molecule has 2 fully saturated rings. The van der Waals surface area contributed by atoms with Crippen LogP contribution in [0.15, 0.2) is 80.9 Å². The standard InChI is InChI=1S/2C18H18N8O2/c1-2-11(9-24-6-5-20-22-24)25-10-19-15-7-14-16(8-13(15)17(25)27)21-23-26(18(14)28)12-3-4-12;1-2-11(9-25-20-5-6-21-25)24-10-19-15-7-14-16(8-13(15)17(24)27)22-23-26(18(14)28)12-3-4-12/h2*5-8,10-12H,2-4,9H2,1H3. The smallest absolute Gasteiger partial charge is 0.277 e. The zero-order chi connectivity index (χ0) is 38.5. The molecule has 0 radical (unpaired) electrons. The molecule has 0 bridgehead atoms. The molecule has 20 nitrogen and oxygen atoms in total. The van der Waals surface area contributed by atoms with Gasteiger partial charge in [-0.1, -0.05) is 29.5 Å². The van der Waals surface area contributed by atoms with Gasteiger partial charge < -0.3 is 0 Å². The lowest BCUT2D eigenvalue weighted by Gasteiger charge is -2.18. The Morgan fingerprint density at radius 1 is 0.589 bits per heavy atom. The van der Waals surface area contributed by atoms with Crippen molar-refractivity contribution >= 4 is 43.6 Å². The minimum Gasteiger partial charge on any atom is -0.294 e. The summed E-state index contributed by atoms with van der Waals surface area (Å²) in [4.78, 5) is 62.0. The van der Waals surface area contributed by atoms with Crippen LogP contribution in [0.25, 0.3) is 43.6 Å². The van der Waals surface area contributed by atoms with Crippen LogP contribution in [0, 0.1) is 0 Å². The van der Waals surface area contributed by atoms with E-state index in [1.165, 1.54) is 22.0 Å². The third-order valence-corrected chi connectivity index (χ3v) is 10.4. The van der Waals surface area contributed by atoms with E-state index in [0.29, 0.717) is 63.1 Å². The fourth-order valence-corrected chi connectivity index (χ4v) is 6.91. The molecule has 8 aromatic rings. The second kappa shape index (κ2) is 14.1. The molecule has 2 unspecified atom stereocenters. The average molecular weight is 757 g/mol. The fourth-order valence-electron chi connectivity index (χ4n) is 6.91. The van der Waals surface area contributed by atoms with Crippen LogP contribution in [0.4, 0.5) is 0 Å². The predicted molar refractivity (Wildman–Crippen MR) is 202 cm³/mol. The van der Waals surface area contributed by atoms with Gasteiger partial charge in [0.25, 0.3) is 22.2 Å². The zero-order valence-corrected chi connectivity index (χ0v) is 30.5. The van der Waals surface area contributed by atoms with E-state index in [1.807, 2.05) is 13.8 Å². The highest BCUT2D eigenvalue weighted by molar-refractivity contribution is 5.94. The van der Waals surface area contributed by atoms with Crippen LogP contribution in [-0.2, 0) is 13.1 Å². The summed E-state index contributed by atoms with van der Waals surface area (Å²) >= 11 is 0. The minimum absolute atomic E-state index is 0.115. The third-order valence-electron chi connectivity index (χ3n) is 10.4. The SMILES string of the molecule is CCC(Cn1ccnn1)n1cnc2cc3c(=O)n(C4CC4)nnc3cc2c1=O.CCC(Cn1nccn1)n1cnc2cc3c(=O)n(C4CC4)nnc3cc2c1=O. The van der Waals surface area contributed by atoms with Crippen molar-refractivity contribution in [2.45, 2.75) is 89.6 Å². The molecule has 2 aliphatic rings. The Hall–Kier alpha value is -6.86. The van der Waals surface area contributed by atoms with E-state index in [1.54, 1.807) is 67.7 Å². The van der Waals surface area contributed by atoms with Crippen LogP contribution in [0.5, 0.6) is 0 Å². The Balaban J connectivity index is 0.000000146. The second-order valence-corrected chi connectivity index (χ2v) is 14.2. The molecule has 2 aromatic carbocycles. The highest BCUT2D eigenvalue weighted by atomic mass is 16.1. The van der Waals surface area contributed by atoms with Crippen molar-refractivity contribution in [1.82, 2.24) is 79.1 Å². The molecular formula is C36H36N16O4. The highest BCUT2D eigenvalue weighted by Crippen LogP contribution is 2.33. The molecule has 6 heterocycles. The second-order valence-electron chi connectivity index (χ2n) is 14.2. The van der Waals surface area contributed by atoms with Gasteiger partial charge >= 0.3 is 0 Å². The van der Waals surface area contributed by atoms with Gasteiger partial charge in [0.2, 0.25) is 0 Å². The van der Waals surface area contributed by atoms with Crippen LogP contribution in [0.3, 0.4) is 0 Å². The van der Waals surface area contributed by atoms with E-state index < -0.39 is 0 Å². The summed E-state index contributed by atoms with van der Waals surface area (Å²) in [7, 11) is 0. The molecule has 0 saturated heterocycles. The van der Waals surface area contributed by atoms with Crippen molar-refractivity contribution in [2.24, 2.45) is 0 Å². The summed E-state index contributed by atoms with van der Waals surface area (Å²) in [6, 6.07) is 6.54. The molecule has 2 saturated carbocycles. The van der Waals surface area contributed by atoms with Gasteiger partial charge in [0.1, 0.15) is 11.0 Å². The first-order valence-electron chi connectivity index (χ1n) is 18.6. The maximum absolute atomic E-state index is 13.1. The van der Waals surface area contributed by atoms with Gasteiger partial charge in [0, 0.05) is 6.20 Å². The Morgan fingerprint density at radius 3 is 1.50 bits per heavy atom. The van der Waals surface area contributed by atoms with Crippen LogP contribution in [-0.4, -0.2) is 79.1 Å². The summed E-state index contributed by atoms with van der Waals surface area (Å²) < 4.78 is 7.75. The molecule has 10 rings (SSSR count). The summed E-state index contributed by atoms with van der Waals surface area (Å²) in [6.45, 7) is 4.99. The summed E-state index contributed by atoms with van der Waals surface area (Å²) in [5.41, 5.74) is 1.06. The lowest BCUT2D eigenvalue weighted by Crippen LogP contribution is -2.28. The quantitative estimate of drug-likeness (QED) is 0.182. The summed E-state index contributed by atoms with van der Waals surface area (Å²) in [5, 5.41) is 34.1. The molecule has 0 aliphatic heterocycles. The van der Waals surface area contributed by atoms with Crippen LogP contribution in [0.2, 0.25) is 0 Å². The molecule has 2 aliphatic carbocycles. The number of fused-ring (bicyclic) bond motifs is 4. The van der Waals surface area contributed by atoms with Crippen molar-refractivity contribution in [3.63, 3.8) is 0 Å². The largest absolute Gasteiger partial charge is 0.294 e. The van der Waals surface area contributed by atoms with Crippen LogP contribution >= 0.6 is 0 Å². The third kappa shape index (κ3) is 6.41. The molecular weight excluding hydrogens is 721 g/mol. The first-order chi connectivity index (χ1) is 27.3. The first-order valence-corrected chi connectivity index (χ1v) is 18.6. The molecule has 0 spiro atoms. The van der Waals surface area contributed by atoms with Gasteiger partial charge in [-0.15, -0.1) is 15.3 Å². The predicted octanol–water partition coefficient (Wildman–Crippen LogP) is 2.16. The topological polar surface area (TPSA) is 227 Å². The number of rotatable bonds is 10. The van der Waals surface area contributed by atoms with E-state index in [-0.39, 0.29) is 46.4 Å². The van der Waals surface area contributed by atoms with Crippen molar-refractivity contribution in [1.29, 1.82) is 0 Å². The molecule has 0 N–H and O–H groups in total. The van der Waals surface area contributed by atoms with E-state index in [0.717, 1.165) is 32.1 Å². The molecule has 6 aromatic heterocycles. The van der Waals surface area contributed by atoms with E-state index in [9.17, 15) is 19.2 Å². The lowest BCUT2D eigenvalue weighted by molar-refractivity contribution is 0.362. The van der Waals surface area contributed by atoms with Crippen LogP contribution < -0.4 is 22.2 Å². The molecule has 56 heavy (non-hydrogen) atoms. The van der Waals surface area contributed by atoms with Crippen molar-refractivity contribution < 1.29 is 0 Å². The average Bonchev–Trinajstić information content (AvgIpc) is 4.13. The Bertz CT molecular complexity index is 2780. The Labute approximate surface area is 315 Å². The molecule has 20 heteroatoms. The minimum atomic E-state index is -0.184. The van der Waals surface area contributed by atoms with Gasteiger partial charge in [-0.3, -0.25) is 33.0 Å². The van der Waals surface area contributed by atoms with Crippen molar-refractivity contribution in [3.8, 4) is 0 Å². The van der Waals surface area contributed by atoms with Gasteiger partial charge in [-0.05, 0) is 62.8 Å². The number of hydrogen-bond donors (Lipinski definition) is 0. The zero-order valence-electron chi connectivity index (χ0n) is 30.5. The van der Waals surface area contributed by atoms with Crippen molar-refractivity contribution in [2.75, 3.05) is 0 Å². The van der Waals surface area contributed by atoms with E-state index in [2.05, 4.69) is 51.1 Å². The van der Waals surface area contributed by atoms with Gasteiger partial charge in [-0.2, -0.15) is 15.0 Å². The van der Waals surface area contributed by atoms with Crippen LogP contribution in [0.1, 0.15) is 76.5 Å². The lowest BCUT2D eigenvalue weighted by atomic mass is 10.1.